The third-order valence-corrected chi connectivity index (χ3v) is 7.63. The second-order valence-corrected chi connectivity index (χ2v) is 10.1. The lowest BCUT2D eigenvalue weighted by molar-refractivity contribution is -0.384. The molecular weight excluding hydrogens is 424 g/mol. The number of aromatic nitrogens is 1. The maximum atomic E-state index is 12.6. The van der Waals surface area contributed by atoms with E-state index in [0.717, 1.165) is 55.0 Å². The Hall–Kier alpha value is -1.75. The molecule has 152 valence electrons. The number of hydrogen-bond acceptors (Lipinski definition) is 7. The minimum absolute atomic E-state index is 0.118. The molecule has 3 rings (SSSR count). The highest BCUT2D eigenvalue weighted by atomic mass is 35.5. The lowest BCUT2D eigenvalue weighted by atomic mass is 9.99. The van der Waals surface area contributed by atoms with Crippen LogP contribution in [0.3, 0.4) is 0 Å². The zero-order valence-corrected chi connectivity index (χ0v) is 17.9. The van der Waals surface area contributed by atoms with Crippen LogP contribution in [0, 0.1) is 23.0 Å². The number of nitrogens with one attached hydrogen (secondary N) is 1. The van der Waals surface area contributed by atoms with Gasteiger partial charge in [-0.25, -0.2) is 13.4 Å². The van der Waals surface area contributed by atoms with Crippen molar-refractivity contribution >= 4 is 43.8 Å². The average Bonchev–Trinajstić information content (AvgIpc) is 2.95. The van der Waals surface area contributed by atoms with E-state index in [-0.39, 0.29) is 15.0 Å². The molecule has 11 heteroatoms. The van der Waals surface area contributed by atoms with E-state index < -0.39 is 20.6 Å². The number of thiazole rings is 1. The monoisotopic (exact) mass is 444 g/mol. The van der Waals surface area contributed by atoms with E-state index in [0.29, 0.717) is 0 Å². The Morgan fingerprint density at radius 3 is 2.71 bits per heavy atom. The van der Waals surface area contributed by atoms with Gasteiger partial charge in [0, 0.05) is 17.5 Å². The first-order chi connectivity index (χ1) is 13.2. The predicted octanol–water partition coefficient (Wildman–Crippen LogP) is 4.05. The molecule has 0 radical (unpaired) electrons. The van der Waals surface area contributed by atoms with Crippen LogP contribution >= 0.6 is 22.9 Å². The number of nitro benzene ring substituents is 1. The molecule has 0 amide bonds. The molecule has 0 aliphatic carbocycles. The number of piperidine rings is 1. The van der Waals surface area contributed by atoms with Crippen molar-refractivity contribution in [2.75, 3.05) is 17.8 Å². The molecule has 2 aromatic rings. The number of aryl methyl sites for hydroxylation is 1. The lowest BCUT2D eigenvalue weighted by Crippen LogP contribution is -2.32. The van der Waals surface area contributed by atoms with Crippen LogP contribution in [0.5, 0.6) is 0 Å². The fraction of sp³-hybridized carbons (Fsp3) is 0.471. The van der Waals surface area contributed by atoms with Crippen LogP contribution in [0.25, 0.3) is 0 Å². The summed E-state index contributed by atoms with van der Waals surface area (Å²) in [5.74, 6) is 0.740. The second kappa shape index (κ2) is 8.32. The van der Waals surface area contributed by atoms with Crippen LogP contribution in [0.15, 0.2) is 23.1 Å². The maximum absolute atomic E-state index is 12.6. The topological polar surface area (TPSA) is 105 Å². The molecule has 2 heterocycles. The minimum Gasteiger partial charge on any atom is -0.298 e. The first-order valence-electron chi connectivity index (χ1n) is 8.81. The summed E-state index contributed by atoms with van der Waals surface area (Å²) in [7, 11) is -4.01. The Labute approximate surface area is 172 Å². The summed E-state index contributed by atoms with van der Waals surface area (Å²) in [5, 5.41) is 11.1. The van der Waals surface area contributed by atoms with Gasteiger partial charge in [-0.05, 0) is 50.9 Å². The summed E-state index contributed by atoms with van der Waals surface area (Å²) < 4.78 is 27.6. The molecule has 1 fully saturated rings. The van der Waals surface area contributed by atoms with Crippen LogP contribution in [0.2, 0.25) is 5.02 Å². The third kappa shape index (κ3) is 4.80. The van der Waals surface area contributed by atoms with E-state index in [1.54, 1.807) is 0 Å². The van der Waals surface area contributed by atoms with E-state index in [4.69, 9.17) is 11.6 Å². The lowest BCUT2D eigenvalue weighted by Gasteiger charge is -2.29. The molecule has 1 aromatic carbocycles. The van der Waals surface area contributed by atoms with Crippen molar-refractivity contribution in [2.24, 2.45) is 5.92 Å². The van der Waals surface area contributed by atoms with Gasteiger partial charge in [-0.1, -0.05) is 29.9 Å². The molecule has 8 nitrogen and oxygen atoms in total. The summed E-state index contributed by atoms with van der Waals surface area (Å²) in [4.78, 5) is 17.7. The highest BCUT2D eigenvalue weighted by Gasteiger charge is 2.23. The van der Waals surface area contributed by atoms with Crippen molar-refractivity contribution in [3.63, 3.8) is 0 Å². The molecular formula is C17H21ClN4O4S2. The maximum Gasteiger partial charge on any atom is 0.289 e. The molecule has 0 atom stereocenters. The molecule has 1 aliphatic heterocycles. The van der Waals surface area contributed by atoms with Crippen molar-refractivity contribution in [3.8, 4) is 0 Å². The molecule has 0 saturated carbocycles. The Bertz CT molecular complexity index is 985. The van der Waals surface area contributed by atoms with Gasteiger partial charge >= 0.3 is 0 Å². The van der Waals surface area contributed by atoms with Crippen LogP contribution in [0.1, 0.15) is 30.3 Å². The van der Waals surface area contributed by atoms with Crippen molar-refractivity contribution in [2.45, 2.75) is 38.1 Å². The summed E-state index contributed by atoms with van der Waals surface area (Å²) >= 11 is 7.04. The molecule has 1 aliphatic rings. The van der Waals surface area contributed by atoms with E-state index in [2.05, 4.69) is 21.5 Å². The normalized spacial score (nSPS) is 16.2. The summed E-state index contributed by atoms with van der Waals surface area (Å²) in [6, 6.07) is 3.37. The largest absolute Gasteiger partial charge is 0.298 e. The molecule has 0 spiro atoms. The number of rotatable bonds is 6. The standard InChI is InChI=1S/C17H21ClN4O4S2/c1-11-5-7-21(8-6-11)10-16-12(2)19-17(27-16)20-28(25,26)13-3-4-14(18)15(9-13)22(23)24/h3-4,9,11H,5-8,10H2,1-2H3,(H,19,20). The van der Waals surface area contributed by atoms with Crippen molar-refractivity contribution in [3.05, 3.63) is 43.9 Å². The molecule has 1 aromatic heterocycles. The molecule has 1 N–H and O–H groups in total. The highest BCUT2D eigenvalue weighted by Crippen LogP contribution is 2.30. The quantitative estimate of drug-likeness (QED) is 0.532. The van der Waals surface area contributed by atoms with Gasteiger partial charge < -0.3 is 0 Å². The Balaban J connectivity index is 1.76. The first-order valence-corrected chi connectivity index (χ1v) is 11.5. The van der Waals surface area contributed by atoms with Gasteiger partial charge in [-0.2, -0.15) is 0 Å². The van der Waals surface area contributed by atoms with E-state index in [1.807, 2.05) is 6.92 Å². The fourth-order valence-corrected chi connectivity index (χ4v) is 5.46. The molecule has 28 heavy (non-hydrogen) atoms. The Kier molecular flexibility index (Phi) is 6.23. The Morgan fingerprint density at radius 1 is 1.39 bits per heavy atom. The second-order valence-electron chi connectivity index (χ2n) is 6.96. The summed E-state index contributed by atoms with van der Waals surface area (Å²) in [6.07, 6.45) is 2.32. The number of nitrogens with zero attached hydrogens (tertiary/aromatic N) is 3. The van der Waals surface area contributed by atoms with Crippen molar-refractivity contribution in [1.82, 2.24) is 9.88 Å². The SMILES string of the molecule is Cc1nc(NS(=O)(=O)c2ccc(Cl)c([N+](=O)[O-])c2)sc1CN1CCC(C)CC1. The molecule has 0 unspecified atom stereocenters. The minimum atomic E-state index is -4.01. The van der Waals surface area contributed by atoms with Crippen molar-refractivity contribution < 1.29 is 13.3 Å². The zero-order valence-electron chi connectivity index (χ0n) is 15.5. The summed E-state index contributed by atoms with van der Waals surface area (Å²) in [5.41, 5.74) is 0.322. The number of anilines is 1. The van der Waals surface area contributed by atoms with Gasteiger partial charge in [-0.15, -0.1) is 0 Å². The van der Waals surface area contributed by atoms with Gasteiger partial charge in [0.2, 0.25) is 0 Å². The fourth-order valence-electron chi connectivity index (χ4n) is 3.02. The number of benzene rings is 1. The van der Waals surface area contributed by atoms with Gasteiger partial charge in [-0.3, -0.25) is 19.7 Å². The smallest absolute Gasteiger partial charge is 0.289 e. The molecule has 1 saturated heterocycles. The van der Waals surface area contributed by atoms with Gasteiger partial charge in [0.15, 0.2) is 5.13 Å². The number of sulfonamides is 1. The van der Waals surface area contributed by atoms with Gasteiger partial charge in [0.05, 0.1) is 15.5 Å². The van der Waals surface area contributed by atoms with E-state index in [9.17, 15) is 18.5 Å². The van der Waals surface area contributed by atoms with Crippen LogP contribution in [-0.2, 0) is 16.6 Å². The zero-order chi connectivity index (χ0) is 20.5. The number of nitro groups is 1. The van der Waals surface area contributed by atoms with Crippen LogP contribution in [-0.4, -0.2) is 36.3 Å². The Morgan fingerprint density at radius 2 is 2.07 bits per heavy atom. The van der Waals surface area contributed by atoms with E-state index >= 15 is 0 Å². The van der Waals surface area contributed by atoms with Crippen molar-refractivity contribution in [1.29, 1.82) is 0 Å². The third-order valence-electron chi connectivity index (χ3n) is 4.78. The van der Waals surface area contributed by atoms with Gasteiger partial charge in [0.25, 0.3) is 15.7 Å². The average molecular weight is 445 g/mol. The number of hydrogen-bond donors (Lipinski definition) is 1. The van der Waals surface area contributed by atoms with E-state index in [1.165, 1.54) is 23.5 Å². The first kappa shape index (κ1) is 21.0. The predicted molar refractivity (Wildman–Crippen MR) is 109 cm³/mol. The number of likely N-dealkylation sites (tertiary alicyclic amines) is 1. The number of halogens is 1. The van der Waals surface area contributed by atoms with Gasteiger partial charge in [0.1, 0.15) is 5.02 Å². The molecule has 0 bridgehead atoms. The van der Waals surface area contributed by atoms with Crippen LogP contribution in [0.4, 0.5) is 10.8 Å². The summed E-state index contributed by atoms with van der Waals surface area (Å²) in [6.45, 7) is 6.89. The highest BCUT2D eigenvalue weighted by molar-refractivity contribution is 7.93. The van der Waals surface area contributed by atoms with Crippen LogP contribution < -0.4 is 4.72 Å².